The van der Waals surface area contributed by atoms with Crippen LogP contribution in [-0.4, -0.2) is 12.7 Å². The van der Waals surface area contributed by atoms with Gasteiger partial charge >= 0.3 is 6.18 Å². The minimum Gasteiger partial charge on any atom is -0.454 e. The molecule has 2 aromatic rings. The Hall–Kier alpha value is -2.70. The molecule has 0 bridgehead atoms. The first-order valence-corrected chi connectivity index (χ1v) is 6.77. The minimum absolute atomic E-state index is 0.0207. The second kappa shape index (κ2) is 5.83. The predicted octanol–water partition coefficient (Wildman–Crippen LogP) is 3.62. The fourth-order valence-corrected chi connectivity index (χ4v) is 2.21. The summed E-state index contributed by atoms with van der Waals surface area (Å²) in [6.45, 7) is 0.134. The lowest BCUT2D eigenvalue weighted by atomic mass is 10.1. The normalized spacial score (nSPS) is 13.0. The van der Waals surface area contributed by atoms with E-state index in [0.717, 1.165) is 12.1 Å². The van der Waals surface area contributed by atoms with Crippen molar-refractivity contribution in [1.29, 1.82) is 0 Å². The van der Waals surface area contributed by atoms with Gasteiger partial charge in [0.15, 0.2) is 11.5 Å². The maximum absolute atomic E-state index is 12.6. The van der Waals surface area contributed by atoms with Gasteiger partial charge in [0.25, 0.3) is 0 Å². The van der Waals surface area contributed by atoms with Crippen molar-refractivity contribution in [2.75, 3.05) is 12.1 Å². The van der Waals surface area contributed by atoms with E-state index >= 15 is 0 Å². The molecule has 23 heavy (non-hydrogen) atoms. The summed E-state index contributed by atoms with van der Waals surface area (Å²) in [5, 5.41) is 2.46. The summed E-state index contributed by atoms with van der Waals surface area (Å²) in [5.41, 5.74) is -0.0253. The van der Waals surface area contributed by atoms with Gasteiger partial charge in [-0.1, -0.05) is 12.1 Å². The van der Waals surface area contributed by atoms with Crippen LogP contribution in [0.1, 0.15) is 11.1 Å². The van der Waals surface area contributed by atoms with Crippen LogP contribution < -0.4 is 14.8 Å². The Bertz CT molecular complexity index is 744. The summed E-state index contributed by atoms with van der Waals surface area (Å²) < 4.78 is 48.3. The summed E-state index contributed by atoms with van der Waals surface area (Å²) >= 11 is 0. The van der Waals surface area contributed by atoms with Gasteiger partial charge in [-0.05, 0) is 35.9 Å². The quantitative estimate of drug-likeness (QED) is 0.938. The zero-order valence-electron chi connectivity index (χ0n) is 11.8. The summed E-state index contributed by atoms with van der Waals surface area (Å²) in [4.78, 5) is 12.0. The number of ether oxygens (including phenoxy) is 2. The van der Waals surface area contributed by atoms with E-state index in [1.165, 1.54) is 12.1 Å². The molecule has 2 aromatic carbocycles. The van der Waals surface area contributed by atoms with Crippen molar-refractivity contribution in [2.45, 2.75) is 12.6 Å². The van der Waals surface area contributed by atoms with Crippen LogP contribution in [0.4, 0.5) is 18.9 Å². The molecule has 4 nitrogen and oxygen atoms in total. The molecule has 0 fully saturated rings. The fraction of sp³-hybridized carbons (Fsp3) is 0.188. The number of carbonyl (C=O) groups excluding carboxylic acids is 1. The van der Waals surface area contributed by atoms with E-state index < -0.39 is 17.6 Å². The number of halogens is 3. The highest BCUT2D eigenvalue weighted by molar-refractivity contribution is 5.92. The molecule has 0 unspecified atom stereocenters. The Morgan fingerprint density at radius 1 is 1.09 bits per heavy atom. The van der Waals surface area contributed by atoms with Crippen LogP contribution in [0, 0.1) is 0 Å². The molecule has 0 saturated heterocycles. The van der Waals surface area contributed by atoms with E-state index in [-0.39, 0.29) is 18.9 Å². The van der Waals surface area contributed by atoms with Gasteiger partial charge in [0.2, 0.25) is 12.7 Å². The smallest absolute Gasteiger partial charge is 0.416 e. The van der Waals surface area contributed by atoms with Crippen LogP contribution in [0.2, 0.25) is 0 Å². The second-order valence-corrected chi connectivity index (χ2v) is 4.99. The van der Waals surface area contributed by atoms with E-state index in [4.69, 9.17) is 9.47 Å². The van der Waals surface area contributed by atoms with Crippen LogP contribution >= 0.6 is 0 Å². The Morgan fingerprint density at radius 2 is 1.87 bits per heavy atom. The van der Waals surface area contributed by atoms with Crippen molar-refractivity contribution in [3.05, 3.63) is 53.6 Å². The van der Waals surface area contributed by atoms with E-state index in [1.807, 2.05) is 0 Å². The molecule has 1 amide bonds. The molecule has 1 N–H and O–H groups in total. The highest BCUT2D eigenvalue weighted by atomic mass is 19.4. The number of hydrogen-bond donors (Lipinski definition) is 1. The first-order valence-electron chi connectivity index (χ1n) is 6.77. The van der Waals surface area contributed by atoms with E-state index in [0.29, 0.717) is 17.1 Å². The van der Waals surface area contributed by atoms with Gasteiger partial charge in [-0.15, -0.1) is 0 Å². The van der Waals surface area contributed by atoms with Gasteiger partial charge in [-0.2, -0.15) is 13.2 Å². The molecular formula is C16H12F3NO3. The number of hydrogen-bond acceptors (Lipinski definition) is 3. The Morgan fingerprint density at radius 3 is 2.65 bits per heavy atom. The van der Waals surface area contributed by atoms with Gasteiger partial charge in [-0.3, -0.25) is 4.79 Å². The zero-order chi connectivity index (χ0) is 16.4. The topological polar surface area (TPSA) is 47.6 Å². The number of carbonyl (C=O) groups is 1. The Balaban J connectivity index is 1.68. The fourth-order valence-electron chi connectivity index (χ4n) is 2.21. The van der Waals surface area contributed by atoms with Crippen LogP contribution in [0.3, 0.4) is 0 Å². The molecule has 1 aliphatic heterocycles. The third-order valence-electron chi connectivity index (χ3n) is 3.28. The van der Waals surface area contributed by atoms with Crippen molar-refractivity contribution in [2.24, 2.45) is 0 Å². The van der Waals surface area contributed by atoms with Crippen molar-refractivity contribution >= 4 is 11.6 Å². The molecule has 0 saturated carbocycles. The van der Waals surface area contributed by atoms with Crippen molar-refractivity contribution in [1.82, 2.24) is 0 Å². The van der Waals surface area contributed by atoms with Gasteiger partial charge in [-0.25, -0.2) is 0 Å². The van der Waals surface area contributed by atoms with Crippen molar-refractivity contribution in [3.63, 3.8) is 0 Å². The monoisotopic (exact) mass is 323 g/mol. The Labute approximate surface area is 129 Å². The summed E-state index contributed by atoms with van der Waals surface area (Å²) in [6.07, 6.45) is -4.43. The molecule has 0 radical (unpaired) electrons. The molecule has 1 heterocycles. The number of alkyl halides is 3. The minimum atomic E-state index is -4.45. The standard InChI is InChI=1S/C16H12F3NO3/c17-16(18,19)11-2-1-3-12(8-11)20-15(21)7-10-4-5-13-14(6-10)23-9-22-13/h1-6,8H,7,9H2,(H,20,21). The van der Waals surface area contributed by atoms with Crippen LogP contribution in [0.5, 0.6) is 11.5 Å². The number of rotatable bonds is 3. The maximum Gasteiger partial charge on any atom is 0.416 e. The number of fused-ring (bicyclic) bond motifs is 1. The predicted molar refractivity (Wildman–Crippen MR) is 76.3 cm³/mol. The summed E-state index contributed by atoms with van der Waals surface area (Å²) in [6, 6.07) is 9.58. The highest BCUT2D eigenvalue weighted by Gasteiger charge is 2.30. The molecule has 0 spiro atoms. The average Bonchev–Trinajstić information content (AvgIpc) is 2.94. The summed E-state index contributed by atoms with van der Waals surface area (Å²) in [7, 11) is 0. The third kappa shape index (κ3) is 3.56. The SMILES string of the molecule is O=C(Cc1ccc2c(c1)OCO2)Nc1cccc(C(F)(F)F)c1. The maximum atomic E-state index is 12.6. The zero-order valence-corrected chi connectivity index (χ0v) is 11.8. The highest BCUT2D eigenvalue weighted by Crippen LogP contribution is 2.33. The number of benzene rings is 2. The van der Waals surface area contributed by atoms with Crippen LogP contribution in [-0.2, 0) is 17.4 Å². The van der Waals surface area contributed by atoms with E-state index in [1.54, 1.807) is 18.2 Å². The lowest BCUT2D eigenvalue weighted by molar-refractivity contribution is -0.137. The van der Waals surface area contributed by atoms with Gasteiger partial charge < -0.3 is 14.8 Å². The van der Waals surface area contributed by atoms with Gasteiger partial charge in [0, 0.05) is 5.69 Å². The lowest BCUT2D eigenvalue weighted by Crippen LogP contribution is -2.15. The third-order valence-corrected chi connectivity index (χ3v) is 3.28. The van der Waals surface area contributed by atoms with Crippen LogP contribution in [0.25, 0.3) is 0 Å². The molecular weight excluding hydrogens is 311 g/mol. The lowest BCUT2D eigenvalue weighted by Gasteiger charge is -2.10. The largest absolute Gasteiger partial charge is 0.454 e. The van der Waals surface area contributed by atoms with Crippen molar-refractivity contribution in [3.8, 4) is 11.5 Å². The molecule has 120 valence electrons. The average molecular weight is 323 g/mol. The molecule has 3 rings (SSSR count). The second-order valence-electron chi connectivity index (χ2n) is 4.99. The molecule has 7 heteroatoms. The molecule has 0 aliphatic carbocycles. The number of amides is 1. The van der Waals surface area contributed by atoms with E-state index in [2.05, 4.69) is 5.32 Å². The van der Waals surface area contributed by atoms with Gasteiger partial charge in [0.1, 0.15) is 0 Å². The van der Waals surface area contributed by atoms with E-state index in [9.17, 15) is 18.0 Å². The number of nitrogens with one attached hydrogen (secondary N) is 1. The summed E-state index contributed by atoms with van der Waals surface area (Å²) in [5.74, 6) is 0.740. The molecule has 0 atom stereocenters. The Kier molecular flexibility index (Phi) is 3.85. The van der Waals surface area contributed by atoms with Crippen LogP contribution in [0.15, 0.2) is 42.5 Å². The molecule has 0 aromatic heterocycles. The van der Waals surface area contributed by atoms with Crippen molar-refractivity contribution < 1.29 is 27.4 Å². The number of anilines is 1. The first kappa shape index (κ1) is 15.2. The van der Waals surface area contributed by atoms with Gasteiger partial charge in [0.05, 0.1) is 12.0 Å². The molecule has 1 aliphatic rings. The first-order chi connectivity index (χ1) is 10.9.